The predicted octanol–water partition coefficient (Wildman–Crippen LogP) is 5.32. The average molecular weight is 1120 g/mol. The Bertz CT molecular complexity index is 1570. The number of aliphatic hydroxyl groups excluding tert-OH is 11. The molecule has 3 fully saturated rings. The van der Waals surface area contributed by atoms with Crippen molar-refractivity contribution >= 4 is 5.91 Å². The molecule has 78 heavy (non-hydrogen) atoms. The largest absolute Gasteiger partial charge is 0.394 e. The molecule has 19 nitrogen and oxygen atoms in total. The molecule has 3 rings (SSSR count). The number of aliphatic hydroxyl groups is 11. The van der Waals surface area contributed by atoms with Crippen molar-refractivity contribution in [1.82, 2.24) is 5.32 Å². The Morgan fingerprint density at radius 1 is 0.462 bits per heavy atom. The summed E-state index contributed by atoms with van der Waals surface area (Å²) in [7, 11) is 0. The Hall–Kier alpha value is -1.99. The fourth-order valence-electron chi connectivity index (χ4n) is 10.2. The molecule has 19 heteroatoms. The number of carbonyl (C=O) groups is 1. The van der Waals surface area contributed by atoms with Gasteiger partial charge in [0.05, 0.1) is 38.6 Å². The Balaban J connectivity index is 1.32. The first-order valence-electron chi connectivity index (χ1n) is 30.2. The SMILES string of the molecule is CCCCCCC/C=C\C/C=C\C/C=C\CCCCCCCCCCCCCCCCC(=O)NC(COC1OC(CO)C(OC2OC(CO)C(OC3OC(CO)C(O)C(O)C3O)C(O)C2O)C(O)C1O)C(O)CCCCCC. The highest BCUT2D eigenvalue weighted by Gasteiger charge is 2.53. The first-order valence-corrected chi connectivity index (χ1v) is 30.2. The molecule has 0 aromatic rings. The van der Waals surface area contributed by atoms with Crippen LogP contribution in [0.15, 0.2) is 36.5 Å². The van der Waals surface area contributed by atoms with E-state index in [0.717, 1.165) is 51.4 Å². The van der Waals surface area contributed by atoms with Gasteiger partial charge in [0, 0.05) is 6.42 Å². The van der Waals surface area contributed by atoms with Crippen molar-refractivity contribution in [3.05, 3.63) is 36.5 Å². The summed E-state index contributed by atoms with van der Waals surface area (Å²) < 4.78 is 34.1. The molecule has 3 saturated heterocycles. The summed E-state index contributed by atoms with van der Waals surface area (Å²) in [6, 6.07) is -0.882. The molecular weight excluding hydrogens is 1010 g/mol. The van der Waals surface area contributed by atoms with Gasteiger partial charge in [-0.25, -0.2) is 0 Å². The van der Waals surface area contributed by atoms with E-state index in [-0.39, 0.29) is 18.9 Å². The zero-order valence-electron chi connectivity index (χ0n) is 47.4. The van der Waals surface area contributed by atoms with Gasteiger partial charge in [-0.05, 0) is 51.4 Å². The second kappa shape index (κ2) is 42.8. The number of ether oxygens (including phenoxy) is 6. The van der Waals surface area contributed by atoms with E-state index in [1.54, 1.807) is 0 Å². The quantitative estimate of drug-likeness (QED) is 0.0271. The monoisotopic (exact) mass is 1120 g/mol. The van der Waals surface area contributed by atoms with Crippen LogP contribution in [0.5, 0.6) is 0 Å². The minimum atomic E-state index is -1.97. The minimum absolute atomic E-state index is 0.254. The third-order valence-corrected chi connectivity index (χ3v) is 15.2. The van der Waals surface area contributed by atoms with Crippen LogP contribution in [-0.4, -0.2) is 193 Å². The molecular formula is C59H107NO18. The molecule has 0 aromatic carbocycles. The molecule has 1 amide bonds. The molecule has 0 aromatic heterocycles. The molecule has 0 radical (unpaired) electrons. The molecule has 456 valence electrons. The molecule has 0 aliphatic carbocycles. The Labute approximate surface area is 466 Å². The third kappa shape index (κ3) is 26.5. The van der Waals surface area contributed by atoms with E-state index >= 15 is 0 Å². The van der Waals surface area contributed by atoms with Crippen molar-refractivity contribution in [2.24, 2.45) is 0 Å². The van der Waals surface area contributed by atoms with Crippen LogP contribution in [0.3, 0.4) is 0 Å². The van der Waals surface area contributed by atoms with Gasteiger partial charge in [0.1, 0.15) is 73.2 Å². The smallest absolute Gasteiger partial charge is 0.220 e. The Kier molecular flexibility index (Phi) is 38.5. The zero-order chi connectivity index (χ0) is 56.9. The molecule has 17 atom stereocenters. The van der Waals surface area contributed by atoms with E-state index in [2.05, 4.69) is 55.6 Å². The topological polar surface area (TPSA) is 307 Å². The summed E-state index contributed by atoms with van der Waals surface area (Å²) in [6.45, 7) is 1.63. The lowest BCUT2D eigenvalue weighted by Gasteiger charge is -2.48. The highest BCUT2D eigenvalue weighted by atomic mass is 16.8. The van der Waals surface area contributed by atoms with Crippen LogP contribution in [0.4, 0.5) is 0 Å². The van der Waals surface area contributed by atoms with Crippen LogP contribution >= 0.6 is 0 Å². The van der Waals surface area contributed by atoms with Gasteiger partial charge in [0.2, 0.25) is 5.91 Å². The van der Waals surface area contributed by atoms with Gasteiger partial charge in [-0.15, -0.1) is 0 Å². The van der Waals surface area contributed by atoms with Crippen LogP contribution in [0, 0.1) is 0 Å². The van der Waals surface area contributed by atoms with Gasteiger partial charge in [0.25, 0.3) is 0 Å². The number of hydrogen-bond acceptors (Lipinski definition) is 18. The minimum Gasteiger partial charge on any atom is -0.394 e. The molecule has 12 N–H and O–H groups in total. The second-order valence-electron chi connectivity index (χ2n) is 21.8. The van der Waals surface area contributed by atoms with Gasteiger partial charge in [-0.2, -0.15) is 0 Å². The van der Waals surface area contributed by atoms with E-state index in [9.17, 15) is 61.0 Å². The highest BCUT2D eigenvalue weighted by Crippen LogP contribution is 2.33. The fraction of sp³-hybridized carbons (Fsp3) is 0.881. The Morgan fingerprint density at radius 2 is 0.846 bits per heavy atom. The average Bonchev–Trinajstić information content (AvgIpc) is 3.48. The number of hydrogen-bond donors (Lipinski definition) is 12. The molecule has 3 aliphatic rings. The van der Waals surface area contributed by atoms with Gasteiger partial charge >= 0.3 is 0 Å². The first kappa shape index (κ1) is 70.3. The van der Waals surface area contributed by atoms with E-state index in [4.69, 9.17) is 28.4 Å². The van der Waals surface area contributed by atoms with Crippen LogP contribution in [0.25, 0.3) is 0 Å². The summed E-state index contributed by atoms with van der Waals surface area (Å²) in [5.74, 6) is -0.254. The van der Waals surface area contributed by atoms with Gasteiger partial charge in [0.15, 0.2) is 18.9 Å². The number of allylic oxidation sites excluding steroid dienone is 6. The number of rotatable bonds is 44. The van der Waals surface area contributed by atoms with Crippen LogP contribution in [-0.2, 0) is 33.2 Å². The summed E-state index contributed by atoms with van der Waals surface area (Å²) in [5, 5.41) is 119. The van der Waals surface area contributed by atoms with E-state index in [1.165, 1.54) is 109 Å². The number of amides is 1. The van der Waals surface area contributed by atoms with Gasteiger partial charge in [-0.3, -0.25) is 4.79 Å². The van der Waals surface area contributed by atoms with Crippen molar-refractivity contribution in [3.63, 3.8) is 0 Å². The van der Waals surface area contributed by atoms with Crippen LogP contribution in [0.2, 0.25) is 0 Å². The third-order valence-electron chi connectivity index (χ3n) is 15.2. The maximum atomic E-state index is 13.2. The molecule has 0 bridgehead atoms. The Morgan fingerprint density at radius 3 is 1.32 bits per heavy atom. The molecule has 0 spiro atoms. The molecule has 3 heterocycles. The predicted molar refractivity (Wildman–Crippen MR) is 296 cm³/mol. The van der Waals surface area contributed by atoms with Crippen LogP contribution < -0.4 is 5.32 Å². The standard InChI is InChI=1S/C59H107NO18/c1-3-5-7-9-10-11-12-13-14-15-16-17-18-19-20-21-22-23-24-25-26-27-28-29-30-31-32-33-35-37-47(65)60-42(43(64)36-34-8-6-4-2)41-73-57-53(71)50(68)55(45(39-62)75-57)78-59-54(72)51(69)56(46(40-63)76-59)77-58-52(70)49(67)48(66)44(38-61)74-58/h12-13,15-16,18-19,42-46,48-59,61-64,66-72H,3-11,14,17,20-41H2,1-2H3,(H,60,65)/b13-12-,16-15-,19-18-. The summed E-state index contributed by atoms with van der Waals surface area (Å²) >= 11 is 0. The van der Waals surface area contributed by atoms with Gasteiger partial charge in [-0.1, -0.05) is 179 Å². The summed E-state index contributed by atoms with van der Waals surface area (Å²) in [4.78, 5) is 13.2. The van der Waals surface area contributed by atoms with Crippen LogP contribution in [0.1, 0.15) is 200 Å². The zero-order valence-corrected chi connectivity index (χ0v) is 47.4. The lowest BCUT2D eigenvalue weighted by atomic mass is 9.96. The number of carbonyl (C=O) groups excluding carboxylic acids is 1. The maximum Gasteiger partial charge on any atom is 0.220 e. The van der Waals surface area contributed by atoms with Gasteiger partial charge < -0.3 is 89.9 Å². The lowest BCUT2D eigenvalue weighted by molar-refractivity contribution is -0.379. The maximum absolute atomic E-state index is 13.2. The lowest BCUT2D eigenvalue weighted by Crippen LogP contribution is -2.66. The highest BCUT2D eigenvalue weighted by molar-refractivity contribution is 5.76. The fourth-order valence-corrected chi connectivity index (χ4v) is 10.2. The second-order valence-corrected chi connectivity index (χ2v) is 21.8. The summed E-state index contributed by atoms with van der Waals surface area (Å²) in [5.41, 5.74) is 0. The molecule has 17 unspecified atom stereocenters. The number of nitrogens with one attached hydrogen (secondary N) is 1. The van der Waals surface area contributed by atoms with E-state index in [1.807, 2.05) is 0 Å². The first-order chi connectivity index (χ1) is 37.8. The van der Waals surface area contributed by atoms with Crippen molar-refractivity contribution in [1.29, 1.82) is 0 Å². The van der Waals surface area contributed by atoms with Crippen molar-refractivity contribution in [3.8, 4) is 0 Å². The molecule has 0 saturated carbocycles. The van der Waals surface area contributed by atoms with E-state index in [0.29, 0.717) is 19.3 Å². The van der Waals surface area contributed by atoms with E-state index < -0.39 is 124 Å². The number of unbranched alkanes of at least 4 members (excludes halogenated alkanes) is 22. The summed E-state index contributed by atoms with van der Waals surface area (Å²) in [6.07, 6.45) is 19.2. The van der Waals surface area contributed by atoms with Crippen molar-refractivity contribution < 1.29 is 89.4 Å². The normalized spacial score (nSPS) is 30.7. The van der Waals surface area contributed by atoms with Crippen molar-refractivity contribution in [2.45, 2.75) is 304 Å². The van der Waals surface area contributed by atoms with Crippen molar-refractivity contribution in [2.75, 3.05) is 26.4 Å². The molecule has 3 aliphatic heterocycles.